The first-order valence-corrected chi connectivity index (χ1v) is 5.03. The van der Waals surface area contributed by atoms with Crippen LogP contribution in [0, 0.1) is 0 Å². The van der Waals surface area contributed by atoms with Crippen molar-refractivity contribution in [2.75, 3.05) is 6.54 Å². The average Bonchev–Trinajstić information content (AvgIpc) is 2.56. The molecule has 1 fully saturated rings. The molecule has 0 bridgehead atoms. The van der Waals surface area contributed by atoms with Crippen molar-refractivity contribution in [3.63, 3.8) is 0 Å². The minimum Gasteiger partial charge on any atom is -0.308 e. The van der Waals surface area contributed by atoms with E-state index in [1.807, 2.05) is 6.07 Å². The highest BCUT2D eigenvalue weighted by molar-refractivity contribution is 7.10. The van der Waals surface area contributed by atoms with E-state index in [1.54, 1.807) is 11.3 Å². The summed E-state index contributed by atoms with van der Waals surface area (Å²) in [6.07, 6.45) is 1.36. The Morgan fingerprint density at radius 1 is 1.58 bits per heavy atom. The van der Waals surface area contributed by atoms with E-state index in [2.05, 4.69) is 16.8 Å². The van der Waals surface area contributed by atoms with Gasteiger partial charge in [-0.05, 0) is 11.4 Å². The van der Waals surface area contributed by atoms with E-state index < -0.39 is 0 Å². The zero-order valence-corrected chi connectivity index (χ0v) is 7.56. The van der Waals surface area contributed by atoms with E-state index >= 15 is 0 Å². The first-order chi connectivity index (χ1) is 5.86. The van der Waals surface area contributed by atoms with E-state index in [0.29, 0.717) is 18.6 Å². The third-order valence-corrected chi connectivity index (χ3v) is 3.10. The highest BCUT2D eigenvalue weighted by atomic mass is 32.1. The van der Waals surface area contributed by atoms with E-state index in [9.17, 15) is 4.79 Å². The van der Waals surface area contributed by atoms with Crippen molar-refractivity contribution < 1.29 is 4.79 Å². The number of nitrogens with one attached hydrogen (secondary N) is 1. The van der Waals surface area contributed by atoms with Gasteiger partial charge in [0.15, 0.2) is 0 Å². The fraction of sp³-hybridized carbons (Fsp3) is 0.444. The summed E-state index contributed by atoms with van der Waals surface area (Å²) in [4.78, 5) is 12.4. The molecule has 1 saturated heterocycles. The number of carbonyl (C=O) groups is 1. The van der Waals surface area contributed by atoms with Crippen LogP contribution in [0.4, 0.5) is 0 Å². The summed E-state index contributed by atoms with van der Waals surface area (Å²) in [6.45, 7) is 0.835. The fourth-order valence-electron chi connectivity index (χ4n) is 1.48. The van der Waals surface area contributed by atoms with Gasteiger partial charge in [-0.25, -0.2) is 0 Å². The lowest BCUT2D eigenvalue weighted by atomic mass is 10.0. The molecule has 0 amide bonds. The molecule has 1 N–H and O–H groups in total. The summed E-state index contributed by atoms with van der Waals surface area (Å²) >= 11 is 1.72. The molecule has 1 aromatic rings. The van der Waals surface area contributed by atoms with Gasteiger partial charge in [0.25, 0.3) is 0 Å². The molecule has 1 aliphatic heterocycles. The number of carbonyl (C=O) groups excluding carboxylic acids is 1. The van der Waals surface area contributed by atoms with E-state index in [0.717, 1.165) is 6.54 Å². The number of piperidine rings is 1. The van der Waals surface area contributed by atoms with Crippen LogP contribution in [0.3, 0.4) is 0 Å². The van der Waals surface area contributed by atoms with Crippen LogP contribution >= 0.6 is 11.3 Å². The number of hydrogen-bond donors (Lipinski definition) is 1. The quantitative estimate of drug-likeness (QED) is 0.715. The predicted octanol–water partition coefficient (Wildman–Crippen LogP) is 1.74. The van der Waals surface area contributed by atoms with Gasteiger partial charge in [0.1, 0.15) is 5.78 Å². The monoisotopic (exact) mass is 181 g/mol. The predicted molar refractivity (Wildman–Crippen MR) is 49.3 cm³/mol. The van der Waals surface area contributed by atoms with Crippen LogP contribution in [0.25, 0.3) is 0 Å². The summed E-state index contributed by atoms with van der Waals surface area (Å²) in [6, 6.07) is 4.40. The van der Waals surface area contributed by atoms with E-state index in [4.69, 9.17) is 0 Å². The summed E-state index contributed by atoms with van der Waals surface area (Å²) in [5.74, 6) is 0.382. The van der Waals surface area contributed by atoms with Gasteiger partial charge in [-0.2, -0.15) is 0 Å². The molecule has 0 aliphatic carbocycles. The van der Waals surface area contributed by atoms with Gasteiger partial charge in [-0.3, -0.25) is 4.79 Å². The van der Waals surface area contributed by atoms with Crippen molar-refractivity contribution in [2.45, 2.75) is 18.9 Å². The van der Waals surface area contributed by atoms with Crippen LogP contribution in [0.5, 0.6) is 0 Å². The summed E-state index contributed by atoms with van der Waals surface area (Å²) < 4.78 is 0. The Hall–Kier alpha value is -0.670. The Balaban J connectivity index is 2.09. The van der Waals surface area contributed by atoms with Crippen molar-refractivity contribution in [3.05, 3.63) is 22.4 Å². The Bertz CT molecular complexity index is 268. The summed E-state index contributed by atoms with van der Waals surface area (Å²) in [5.41, 5.74) is 0. The van der Waals surface area contributed by atoms with Gasteiger partial charge in [0.2, 0.25) is 0 Å². The molecular weight excluding hydrogens is 170 g/mol. The number of thiophene rings is 1. The van der Waals surface area contributed by atoms with Crippen molar-refractivity contribution >= 4 is 17.1 Å². The molecule has 0 aromatic carbocycles. The van der Waals surface area contributed by atoms with Gasteiger partial charge < -0.3 is 5.32 Å². The topological polar surface area (TPSA) is 29.1 Å². The van der Waals surface area contributed by atoms with Crippen molar-refractivity contribution in [2.24, 2.45) is 0 Å². The summed E-state index contributed by atoms with van der Waals surface area (Å²) in [7, 11) is 0. The van der Waals surface area contributed by atoms with Crippen LogP contribution in [-0.2, 0) is 4.79 Å². The molecule has 2 rings (SSSR count). The van der Waals surface area contributed by atoms with Crippen LogP contribution in [0.15, 0.2) is 17.5 Å². The van der Waals surface area contributed by atoms with Gasteiger partial charge in [-0.1, -0.05) is 6.07 Å². The van der Waals surface area contributed by atoms with Crippen LogP contribution in [0.1, 0.15) is 23.8 Å². The molecule has 2 heterocycles. The van der Waals surface area contributed by atoms with E-state index in [1.165, 1.54) is 4.88 Å². The minimum atomic E-state index is 0.284. The molecule has 0 saturated carbocycles. The SMILES string of the molecule is O=C1CCNC(c2cccs2)C1. The Morgan fingerprint density at radius 3 is 3.17 bits per heavy atom. The maximum Gasteiger partial charge on any atom is 0.136 e. The number of hydrogen-bond acceptors (Lipinski definition) is 3. The van der Waals surface area contributed by atoms with Crippen LogP contribution in [0.2, 0.25) is 0 Å². The van der Waals surface area contributed by atoms with Crippen LogP contribution in [-0.4, -0.2) is 12.3 Å². The van der Waals surface area contributed by atoms with Gasteiger partial charge >= 0.3 is 0 Å². The normalized spacial score (nSPS) is 24.3. The van der Waals surface area contributed by atoms with Gasteiger partial charge in [0.05, 0.1) is 0 Å². The molecule has 0 radical (unpaired) electrons. The molecule has 1 aliphatic rings. The fourth-order valence-corrected chi connectivity index (χ4v) is 2.28. The maximum atomic E-state index is 11.1. The zero-order valence-electron chi connectivity index (χ0n) is 6.75. The standard InChI is InChI=1S/C9H11NOS/c11-7-3-4-10-8(6-7)9-2-1-5-12-9/h1-2,5,8,10H,3-4,6H2. The highest BCUT2D eigenvalue weighted by Crippen LogP contribution is 2.24. The first-order valence-electron chi connectivity index (χ1n) is 4.15. The lowest BCUT2D eigenvalue weighted by Crippen LogP contribution is -2.31. The largest absolute Gasteiger partial charge is 0.308 e. The third-order valence-electron chi connectivity index (χ3n) is 2.11. The molecule has 64 valence electrons. The molecular formula is C9H11NOS. The maximum absolute atomic E-state index is 11.1. The second-order valence-electron chi connectivity index (χ2n) is 3.01. The number of rotatable bonds is 1. The molecule has 3 heteroatoms. The molecule has 1 atom stereocenters. The molecule has 12 heavy (non-hydrogen) atoms. The smallest absolute Gasteiger partial charge is 0.136 e. The van der Waals surface area contributed by atoms with Crippen molar-refractivity contribution in [1.29, 1.82) is 0 Å². The van der Waals surface area contributed by atoms with Gasteiger partial charge in [0, 0.05) is 30.3 Å². The lowest BCUT2D eigenvalue weighted by Gasteiger charge is -2.21. The van der Waals surface area contributed by atoms with Crippen LogP contribution < -0.4 is 5.32 Å². The Kier molecular flexibility index (Phi) is 2.23. The third kappa shape index (κ3) is 1.57. The van der Waals surface area contributed by atoms with Crippen molar-refractivity contribution in [3.8, 4) is 0 Å². The van der Waals surface area contributed by atoms with Gasteiger partial charge in [-0.15, -0.1) is 11.3 Å². The lowest BCUT2D eigenvalue weighted by molar-refractivity contribution is -0.120. The Labute approximate surface area is 75.6 Å². The average molecular weight is 181 g/mol. The Morgan fingerprint density at radius 2 is 2.50 bits per heavy atom. The molecule has 2 nitrogen and oxygen atoms in total. The second kappa shape index (κ2) is 3.37. The molecule has 1 aromatic heterocycles. The zero-order chi connectivity index (χ0) is 8.39. The minimum absolute atomic E-state index is 0.284. The second-order valence-corrected chi connectivity index (χ2v) is 3.99. The molecule has 1 unspecified atom stereocenters. The van der Waals surface area contributed by atoms with E-state index in [-0.39, 0.29) is 6.04 Å². The van der Waals surface area contributed by atoms with Crippen molar-refractivity contribution in [1.82, 2.24) is 5.32 Å². The molecule has 0 spiro atoms. The first kappa shape index (κ1) is 7.95. The number of ketones is 1. The number of Topliss-reactive ketones (excluding diaryl/α,β-unsaturated/α-hetero) is 1. The summed E-state index contributed by atoms with van der Waals surface area (Å²) in [5, 5.41) is 5.39. The highest BCUT2D eigenvalue weighted by Gasteiger charge is 2.20.